The van der Waals surface area contributed by atoms with Gasteiger partial charge in [-0.2, -0.15) is 0 Å². The van der Waals surface area contributed by atoms with Crippen molar-refractivity contribution in [3.05, 3.63) is 96.1 Å². The zero-order chi connectivity index (χ0) is 18.4. The van der Waals surface area contributed by atoms with Gasteiger partial charge in [0.15, 0.2) is 5.78 Å². The lowest BCUT2D eigenvalue weighted by Crippen LogP contribution is -2.07. The fourth-order valence-corrected chi connectivity index (χ4v) is 3.30. The smallest absolute Gasteiger partial charge is 0.185 e. The second kappa shape index (κ2) is 8.54. The molecule has 2 nitrogen and oxygen atoms in total. The lowest BCUT2D eigenvalue weighted by Gasteiger charge is -2.11. The fraction of sp³-hybridized carbons (Fsp3) is 0.0870. The van der Waals surface area contributed by atoms with Gasteiger partial charge in [-0.05, 0) is 60.2 Å². The number of anilines is 1. The number of hydrogen-bond acceptors (Lipinski definition) is 3. The molecule has 3 aromatic carbocycles. The van der Waals surface area contributed by atoms with E-state index in [1.54, 1.807) is 17.8 Å². The Morgan fingerprint density at radius 1 is 0.808 bits per heavy atom. The van der Waals surface area contributed by atoms with Crippen molar-refractivity contribution < 1.29 is 4.79 Å². The molecule has 0 unspecified atom stereocenters. The van der Waals surface area contributed by atoms with Crippen LogP contribution < -0.4 is 4.90 Å². The van der Waals surface area contributed by atoms with E-state index < -0.39 is 0 Å². The van der Waals surface area contributed by atoms with Crippen molar-refractivity contribution in [1.82, 2.24) is 0 Å². The lowest BCUT2D eigenvalue weighted by atomic mass is 10.1. The van der Waals surface area contributed by atoms with Gasteiger partial charge in [-0.1, -0.05) is 48.2 Å². The molecule has 0 saturated heterocycles. The van der Waals surface area contributed by atoms with Gasteiger partial charge in [0.2, 0.25) is 0 Å². The third-order valence-corrected chi connectivity index (χ3v) is 4.97. The van der Waals surface area contributed by atoms with Crippen LogP contribution in [-0.2, 0) is 0 Å². The zero-order valence-electron chi connectivity index (χ0n) is 14.9. The first-order valence-electron chi connectivity index (χ1n) is 8.44. The summed E-state index contributed by atoms with van der Waals surface area (Å²) >= 11 is 1.69. The average molecular weight is 359 g/mol. The van der Waals surface area contributed by atoms with E-state index in [2.05, 4.69) is 12.1 Å². The molecule has 0 amide bonds. The number of nitrogens with zero attached hydrogens (tertiary/aromatic N) is 1. The molecule has 3 heteroatoms. The van der Waals surface area contributed by atoms with Crippen LogP contribution in [0.2, 0.25) is 0 Å². The molecule has 3 rings (SSSR count). The minimum atomic E-state index is 0.0120. The molecule has 0 heterocycles. The van der Waals surface area contributed by atoms with Crippen molar-refractivity contribution in [2.45, 2.75) is 9.79 Å². The first-order valence-corrected chi connectivity index (χ1v) is 9.26. The van der Waals surface area contributed by atoms with E-state index in [1.165, 1.54) is 4.90 Å². The monoisotopic (exact) mass is 359 g/mol. The minimum Gasteiger partial charge on any atom is -0.378 e. The number of carbonyl (C=O) groups excluding carboxylic acids is 1. The van der Waals surface area contributed by atoms with Crippen LogP contribution in [-0.4, -0.2) is 19.9 Å². The number of hydrogen-bond donors (Lipinski definition) is 0. The maximum Gasteiger partial charge on any atom is 0.185 e. The Labute approximate surface area is 159 Å². The highest BCUT2D eigenvalue weighted by Gasteiger charge is 2.03. The lowest BCUT2D eigenvalue weighted by molar-refractivity contribution is 0.104. The summed E-state index contributed by atoms with van der Waals surface area (Å²) in [5.41, 5.74) is 2.85. The molecule has 26 heavy (non-hydrogen) atoms. The van der Waals surface area contributed by atoms with Crippen LogP contribution in [0.1, 0.15) is 15.9 Å². The summed E-state index contributed by atoms with van der Waals surface area (Å²) in [6.07, 6.45) is 3.48. The summed E-state index contributed by atoms with van der Waals surface area (Å²) in [5, 5.41) is 0. The Morgan fingerprint density at radius 2 is 1.42 bits per heavy atom. The first kappa shape index (κ1) is 18.0. The Morgan fingerprint density at radius 3 is 2.04 bits per heavy atom. The number of rotatable bonds is 6. The van der Waals surface area contributed by atoms with Gasteiger partial charge in [0.25, 0.3) is 0 Å². The largest absolute Gasteiger partial charge is 0.378 e. The van der Waals surface area contributed by atoms with Gasteiger partial charge in [-0.3, -0.25) is 4.79 Å². The van der Waals surface area contributed by atoms with Crippen LogP contribution in [0.5, 0.6) is 0 Å². The van der Waals surface area contributed by atoms with Crippen LogP contribution in [0.4, 0.5) is 5.69 Å². The highest BCUT2D eigenvalue weighted by Crippen LogP contribution is 2.27. The van der Waals surface area contributed by atoms with E-state index in [1.807, 2.05) is 91.8 Å². The van der Waals surface area contributed by atoms with E-state index in [9.17, 15) is 4.79 Å². The van der Waals surface area contributed by atoms with E-state index >= 15 is 0 Å². The zero-order valence-corrected chi connectivity index (χ0v) is 15.7. The van der Waals surface area contributed by atoms with Crippen molar-refractivity contribution in [3.63, 3.8) is 0 Å². The molecule has 0 aliphatic rings. The second-order valence-electron chi connectivity index (χ2n) is 6.12. The maximum atomic E-state index is 12.4. The van der Waals surface area contributed by atoms with Crippen molar-refractivity contribution in [1.29, 1.82) is 0 Å². The highest BCUT2D eigenvalue weighted by atomic mass is 32.2. The molecular weight excluding hydrogens is 338 g/mol. The quantitative estimate of drug-likeness (QED) is 0.410. The van der Waals surface area contributed by atoms with Crippen LogP contribution in [0.15, 0.2) is 94.7 Å². The minimum absolute atomic E-state index is 0.0120. The number of allylic oxidation sites excluding steroid dienone is 1. The second-order valence-corrected chi connectivity index (χ2v) is 7.27. The van der Waals surface area contributed by atoms with Gasteiger partial charge in [0.1, 0.15) is 0 Å². The summed E-state index contributed by atoms with van der Waals surface area (Å²) in [6, 6.07) is 26.1. The van der Waals surface area contributed by atoms with Gasteiger partial charge in [0.05, 0.1) is 0 Å². The van der Waals surface area contributed by atoms with Crippen molar-refractivity contribution in [3.8, 4) is 0 Å². The van der Waals surface area contributed by atoms with Crippen LogP contribution in [0, 0.1) is 0 Å². The molecule has 0 bridgehead atoms. The number of ketones is 1. The molecule has 0 spiro atoms. The molecular formula is C23H21NOS. The average Bonchev–Trinajstić information content (AvgIpc) is 2.68. The molecule has 0 aromatic heterocycles. The summed E-state index contributed by atoms with van der Waals surface area (Å²) in [7, 11) is 4.02. The highest BCUT2D eigenvalue weighted by molar-refractivity contribution is 7.99. The molecule has 130 valence electrons. The van der Waals surface area contributed by atoms with Gasteiger partial charge < -0.3 is 4.90 Å². The summed E-state index contributed by atoms with van der Waals surface area (Å²) in [5.74, 6) is 0.0120. The first-order chi connectivity index (χ1) is 12.6. The molecule has 0 saturated carbocycles. The Hall–Kier alpha value is -2.78. The van der Waals surface area contributed by atoms with E-state index in [-0.39, 0.29) is 5.78 Å². The molecule has 0 aliphatic heterocycles. The topological polar surface area (TPSA) is 20.3 Å². The molecule has 0 atom stereocenters. The molecule has 3 aromatic rings. The van der Waals surface area contributed by atoms with Crippen molar-refractivity contribution in [2.75, 3.05) is 19.0 Å². The fourth-order valence-electron chi connectivity index (χ4n) is 2.46. The summed E-state index contributed by atoms with van der Waals surface area (Å²) in [6.45, 7) is 0. The van der Waals surface area contributed by atoms with E-state index in [0.29, 0.717) is 5.56 Å². The van der Waals surface area contributed by atoms with Crippen LogP contribution in [0.25, 0.3) is 6.08 Å². The number of carbonyl (C=O) groups is 1. The third kappa shape index (κ3) is 4.87. The molecule has 0 radical (unpaired) electrons. The molecule has 0 N–H and O–H groups in total. The SMILES string of the molecule is CN(C)c1ccc(C=CC(=O)c2ccc(Sc3ccccc3)cc2)cc1. The van der Waals surface area contributed by atoms with Gasteiger partial charge >= 0.3 is 0 Å². The van der Waals surface area contributed by atoms with E-state index in [4.69, 9.17) is 0 Å². The maximum absolute atomic E-state index is 12.4. The van der Waals surface area contributed by atoms with Crippen molar-refractivity contribution >= 4 is 29.3 Å². The Kier molecular flexibility index (Phi) is 5.92. The van der Waals surface area contributed by atoms with Gasteiger partial charge in [0, 0.05) is 35.1 Å². The molecule has 0 aliphatic carbocycles. The van der Waals surface area contributed by atoms with Gasteiger partial charge in [-0.15, -0.1) is 0 Å². The normalized spacial score (nSPS) is 10.8. The third-order valence-electron chi connectivity index (χ3n) is 3.95. The molecule has 0 fully saturated rings. The van der Waals surface area contributed by atoms with E-state index in [0.717, 1.165) is 16.1 Å². The Bertz CT molecular complexity index is 882. The van der Waals surface area contributed by atoms with Crippen LogP contribution >= 0.6 is 11.8 Å². The van der Waals surface area contributed by atoms with Gasteiger partial charge in [-0.25, -0.2) is 0 Å². The van der Waals surface area contributed by atoms with Crippen molar-refractivity contribution in [2.24, 2.45) is 0 Å². The standard InChI is InChI=1S/C23H21NOS/c1-24(2)20-13-8-18(9-14-20)10-17-23(25)19-11-15-22(16-12-19)26-21-6-4-3-5-7-21/h3-17H,1-2H3. The predicted octanol–water partition coefficient (Wildman–Crippen LogP) is 5.80. The van der Waals surface area contributed by atoms with Crippen LogP contribution in [0.3, 0.4) is 0 Å². The number of benzene rings is 3. The summed E-state index contributed by atoms with van der Waals surface area (Å²) in [4.78, 5) is 16.7. The Balaban J connectivity index is 1.64. The predicted molar refractivity (Wildman–Crippen MR) is 111 cm³/mol. The summed E-state index contributed by atoms with van der Waals surface area (Å²) < 4.78 is 0.